The Hall–Kier alpha value is -0.560. The number of rotatable bonds is 1. The van der Waals surface area contributed by atoms with E-state index in [0.29, 0.717) is 6.42 Å². The topological polar surface area (TPSA) is 17.1 Å². The molecule has 0 aliphatic heterocycles. The molecule has 0 N–H and O–H groups in total. The van der Waals surface area contributed by atoms with Crippen molar-refractivity contribution in [3.63, 3.8) is 0 Å². The number of Topliss-reactive ketones (excluding diaryl/α,β-unsaturated/α-hetero) is 1. The van der Waals surface area contributed by atoms with Crippen LogP contribution in [0.3, 0.4) is 0 Å². The van der Waals surface area contributed by atoms with E-state index in [0.717, 1.165) is 0 Å². The van der Waals surface area contributed by atoms with Crippen LogP contribution >= 0.6 is 11.6 Å². The predicted octanol–water partition coefficient (Wildman–Crippen LogP) is 2.07. The summed E-state index contributed by atoms with van der Waals surface area (Å²) in [4.78, 5) is 10.1. The van der Waals surface area contributed by atoms with E-state index in [1.54, 1.807) is 12.2 Å². The zero-order chi connectivity index (χ0) is 7.61. The van der Waals surface area contributed by atoms with Gasteiger partial charge in [-0.3, -0.25) is 4.79 Å². The first-order chi connectivity index (χ1) is 4.65. The van der Waals surface area contributed by atoms with Crippen LogP contribution in [0.4, 0.5) is 0 Å². The number of carbonyl (C=O) groups is 1. The maximum absolute atomic E-state index is 10.9. The van der Waals surface area contributed by atoms with Gasteiger partial charge in [0.2, 0.25) is 0 Å². The Morgan fingerprint density at radius 1 is 1.60 bits per heavy atom. The lowest BCUT2D eigenvalue weighted by Gasteiger charge is -2.19. The van der Waals surface area contributed by atoms with Gasteiger partial charge >= 0.3 is 0 Å². The molecule has 0 heterocycles. The van der Waals surface area contributed by atoms with Crippen molar-refractivity contribution in [1.29, 1.82) is 0 Å². The third kappa shape index (κ3) is 1.29. The quantitative estimate of drug-likeness (QED) is 0.532. The number of ketones is 1. The highest BCUT2D eigenvalue weighted by Crippen LogP contribution is 2.26. The number of hydrogen-bond donors (Lipinski definition) is 0. The maximum Gasteiger partial charge on any atom is 0.154 e. The first-order valence-corrected chi connectivity index (χ1v) is 3.57. The summed E-state index contributed by atoms with van der Waals surface area (Å²) in [6.45, 7) is 1.51. The van der Waals surface area contributed by atoms with Crippen LogP contribution in [0.25, 0.3) is 0 Å². The Balaban J connectivity index is 2.80. The van der Waals surface area contributed by atoms with Crippen molar-refractivity contribution in [2.75, 3.05) is 0 Å². The van der Waals surface area contributed by atoms with Gasteiger partial charge < -0.3 is 0 Å². The third-order valence-electron chi connectivity index (χ3n) is 1.61. The van der Waals surface area contributed by atoms with E-state index in [2.05, 4.69) is 0 Å². The van der Waals surface area contributed by atoms with Crippen LogP contribution < -0.4 is 0 Å². The van der Waals surface area contributed by atoms with E-state index in [1.807, 2.05) is 12.2 Å². The monoisotopic (exact) mass is 156 g/mol. The fourth-order valence-electron chi connectivity index (χ4n) is 0.855. The Morgan fingerprint density at radius 2 is 2.30 bits per heavy atom. The normalized spacial score (nSPS) is 30.6. The third-order valence-corrected chi connectivity index (χ3v) is 2.15. The molecule has 10 heavy (non-hydrogen) atoms. The van der Waals surface area contributed by atoms with E-state index >= 15 is 0 Å². The summed E-state index contributed by atoms with van der Waals surface area (Å²) in [6.07, 6.45) is 7.94. The van der Waals surface area contributed by atoms with Crippen LogP contribution in [0.2, 0.25) is 0 Å². The zero-order valence-corrected chi connectivity index (χ0v) is 6.56. The van der Waals surface area contributed by atoms with Gasteiger partial charge in [-0.05, 0) is 13.3 Å². The van der Waals surface area contributed by atoms with Crippen LogP contribution in [0.1, 0.15) is 13.3 Å². The summed E-state index contributed by atoms with van der Waals surface area (Å²) in [7, 11) is 0. The Kier molecular flexibility index (Phi) is 1.95. The Bertz CT molecular complexity index is 205. The molecule has 1 nitrogen and oxygen atoms in total. The largest absolute Gasteiger partial charge is 0.298 e. The van der Waals surface area contributed by atoms with Crippen molar-refractivity contribution < 1.29 is 4.79 Å². The summed E-state index contributed by atoms with van der Waals surface area (Å²) in [6, 6.07) is 0. The molecule has 0 fully saturated rings. The minimum atomic E-state index is -0.755. The van der Waals surface area contributed by atoms with Crippen molar-refractivity contribution in [2.24, 2.45) is 0 Å². The van der Waals surface area contributed by atoms with Crippen LogP contribution in [-0.2, 0) is 4.79 Å². The molecule has 0 spiro atoms. The van der Waals surface area contributed by atoms with Gasteiger partial charge in [0.05, 0.1) is 0 Å². The second-order valence-electron chi connectivity index (χ2n) is 2.41. The number of alkyl halides is 1. The molecule has 0 aromatic carbocycles. The SMILES string of the molecule is CC(=O)C1(Cl)C=CC=CC1. The summed E-state index contributed by atoms with van der Waals surface area (Å²) in [5.41, 5.74) is 0. The molecule has 1 aliphatic rings. The maximum atomic E-state index is 10.9. The van der Waals surface area contributed by atoms with E-state index in [-0.39, 0.29) is 5.78 Å². The summed E-state index contributed by atoms with van der Waals surface area (Å²) in [5.74, 6) is 0.00904. The number of carbonyl (C=O) groups excluding carboxylic acids is 1. The highest BCUT2D eigenvalue weighted by atomic mass is 35.5. The van der Waals surface area contributed by atoms with Crippen molar-refractivity contribution >= 4 is 17.4 Å². The van der Waals surface area contributed by atoms with Crippen LogP contribution in [0.5, 0.6) is 0 Å². The van der Waals surface area contributed by atoms with E-state index in [9.17, 15) is 4.79 Å². The van der Waals surface area contributed by atoms with Gasteiger partial charge in [0.25, 0.3) is 0 Å². The van der Waals surface area contributed by atoms with Crippen molar-refractivity contribution in [3.8, 4) is 0 Å². The molecule has 54 valence electrons. The Morgan fingerprint density at radius 3 is 2.60 bits per heavy atom. The molecule has 1 atom stereocenters. The highest BCUT2D eigenvalue weighted by Gasteiger charge is 2.28. The molecule has 0 amide bonds. The molecular formula is C8H9ClO. The Labute approximate surface area is 65.4 Å². The second-order valence-corrected chi connectivity index (χ2v) is 3.08. The van der Waals surface area contributed by atoms with Gasteiger partial charge in [0.1, 0.15) is 4.87 Å². The minimum absolute atomic E-state index is 0.00904. The van der Waals surface area contributed by atoms with Crippen molar-refractivity contribution in [2.45, 2.75) is 18.2 Å². The molecule has 1 rings (SSSR count). The van der Waals surface area contributed by atoms with Crippen molar-refractivity contribution in [1.82, 2.24) is 0 Å². The average molecular weight is 157 g/mol. The first-order valence-electron chi connectivity index (χ1n) is 3.19. The second kappa shape index (κ2) is 2.59. The van der Waals surface area contributed by atoms with Crippen molar-refractivity contribution in [3.05, 3.63) is 24.3 Å². The van der Waals surface area contributed by atoms with Crippen LogP contribution in [0, 0.1) is 0 Å². The summed E-state index contributed by atoms with van der Waals surface area (Å²) < 4.78 is 0. The number of allylic oxidation sites excluding steroid dienone is 4. The predicted molar refractivity (Wildman–Crippen MR) is 42.2 cm³/mol. The van der Waals surface area contributed by atoms with Gasteiger partial charge in [-0.2, -0.15) is 0 Å². The molecule has 0 aromatic rings. The standard InChI is InChI=1S/C8H9ClO/c1-7(10)8(9)5-3-2-4-6-8/h2-5H,6H2,1H3. The van der Waals surface area contributed by atoms with Crippen LogP contribution in [-0.4, -0.2) is 10.7 Å². The van der Waals surface area contributed by atoms with E-state index in [1.165, 1.54) is 6.92 Å². The number of hydrogen-bond acceptors (Lipinski definition) is 1. The smallest absolute Gasteiger partial charge is 0.154 e. The molecule has 0 aromatic heterocycles. The first kappa shape index (κ1) is 7.55. The zero-order valence-electron chi connectivity index (χ0n) is 5.80. The highest BCUT2D eigenvalue weighted by molar-refractivity contribution is 6.36. The van der Waals surface area contributed by atoms with Gasteiger partial charge in [-0.1, -0.05) is 24.3 Å². The summed E-state index contributed by atoms with van der Waals surface area (Å²) >= 11 is 5.92. The number of halogens is 1. The van der Waals surface area contributed by atoms with Gasteiger partial charge in [-0.25, -0.2) is 0 Å². The minimum Gasteiger partial charge on any atom is -0.298 e. The lowest BCUT2D eigenvalue weighted by Crippen LogP contribution is -2.27. The molecule has 0 saturated heterocycles. The molecule has 0 bridgehead atoms. The van der Waals surface area contributed by atoms with E-state index in [4.69, 9.17) is 11.6 Å². The lowest BCUT2D eigenvalue weighted by atomic mass is 9.96. The van der Waals surface area contributed by atoms with Gasteiger partial charge in [-0.15, -0.1) is 11.6 Å². The summed E-state index contributed by atoms with van der Waals surface area (Å²) in [5, 5.41) is 0. The van der Waals surface area contributed by atoms with Crippen LogP contribution in [0.15, 0.2) is 24.3 Å². The van der Waals surface area contributed by atoms with Gasteiger partial charge in [0.15, 0.2) is 5.78 Å². The molecule has 0 saturated carbocycles. The molecule has 2 heteroatoms. The fraction of sp³-hybridized carbons (Fsp3) is 0.375. The average Bonchev–Trinajstić information content (AvgIpc) is 1.89. The molecule has 0 radical (unpaired) electrons. The fourth-order valence-corrected chi connectivity index (χ4v) is 1.02. The van der Waals surface area contributed by atoms with Gasteiger partial charge in [0, 0.05) is 0 Å². The molecular weight excluding hydrogens is 148 g/mol. The molecule has 1 unspecified atom stereocenters. The lowest BCUT2D eigenvalue weighted by molar-refractivity contribution is -0.118. The van der Waals surface area contributed by atoms with E-state index < -0.39 is 4.87 Å². The molecule has 1 aliphatic carbocycles.